The lowest BCUT2D eigenvalue weighted by molar-refractivity contribution is -0.137. The zero-order valence-corrected chi connectivity index (χ0v) is 38.4. The Morgan fingerprint density at radius 3 is 2.05 bits per heavy atom. The fraction of sp³-hybridized carbons (Fsp3) is 0.364. The van der Waals surface area contributed by atoms with Crippen molar-refractivity contribution in [2.75, 3.05) is 48.9 Å². The fourth-order valence-electron chi connectivity index (χ4n) is 7.74. The minimum Gasteiger partial charge on any atom is -0.394 e. The van der Waals surface area contributed by atoms with E-state index in [2.05, 4.69) is 15.5 Å². The summed E-state index contributed by atoms with van der Waals surface area (Å²) in [6, 6.07) is 25.8. The number of hydrogen-bond donors (Lipinski definition) is 2. The zero-order chi connectivity index (χ0) is 42.6. The van der Waals surface area contributed by atoms with Crippen molar-refractivity contribution in [1.29, 1.82) is 0 Å². The largest absolute Gasteiger partial charge is 0.394 e. The van der Waals surface area contributed by atoms with Crippen molar-refractivity contribution in [3.8, 4) is 0 Å². The minimum absolute atomic E-state index is 0.0434. The van der Waals surface area contributed by atoms with E-state index in [-0.39, 0.29) is 58.8 Å². The van der Waals surface area contributed by atoms with E-state index in [1.807, 2.05) is 42.5 Å². The second kappa shape index (κ2) is 21.6. The average Bonchev–Trinajstić information content (AvgIpc) is 3.29. The summed E-state index contributed by atoms with van der Waals surface area (Å²) in [4.78, 5) is 54.0. The maximum absolute atomic E-state index is 14.2. The lowest BCUT2D eigenvalue weighted by Crippen LogP contribution is -2.44. The Bertz CT molecular complexity index is 2240. The smallest absolute Gasteiger partial charge is 0.347 e. The van der Waals surface area contributed by atoms with E-state index in [9.17, 15) is 27.6 Å². The number of aryl methyl sites for hydroxylation is 2. The first-order chi connectivity index (χ1) is 29.0. The first kappa shape index (κ1) is 45.4. The first-order valence-corrected chi connectivity index (χ1v) is 23.2. The molecule has 4 aromatic carbocycles. The van der Waals surface area contributed by atoms with Gasteiger partial charge in [0.25, 0.3) is 11.8 Å². The Morgan fingerprint density at radius 2 is 1.42 bits per heavy atom. The number of anilines is 3. The SMILES string of the molecule is COCCN(C1CCC(C(=O)OI)CC1)S(=O)(=O)c1cccc(C(=O)Nc2ccc(N3CCCCC3)cc2C(=O)Nc2ccc(CCc3ccc(C(=O)OI)cc3)cc2)c1. The van der Waals surface area contributed by atoms with Gasteiger partial charge in [-0.15, -0.1) is 0 Å². The van der Waals surface area contributed by atoms with Crippen LogP contribution in [0.4, 0.5) is 17.1 Å². The molecule has 0 atom stereocenters. The molecule has 1 saturated carbocycles. The van der Waals surface area contributed by atoms with E-state index < -0.39 is 21.8 Å². The second-order valence-electron chi connectivity index (χ2n) is 15.0. The number of amides is 2. The minimum atomic E-state index is -4.08. The molecule has 6 rings (SSSR count). The number of piperidine rings is 1. The van der Waals surface area contributed by atoms with Crippen molar-refractivity contribution in [3.05, 3.63) is 119 Å². The van der Waals surface area contributed by atoms with Gasteiger partial charge in [-0.1, -0.05) is 30.3 Å². The van der Waals surface area contributed by atoms with Crippen LogP contribution in [0.1, 0.15) is 87.1 Å². The maximum Gasteiger partial charge on any atom is 0.347 e. The van der Waals surface area contributed by atoms with Crippen molar-refractivity contribution in [2.24, 2.45) is 5.92 Å². The molecule has 0 unspecified atom stereocenters. The van der Waals surface area contributed by atoms with Crippen LogP contribution < -0.4 is 15.5 Å². The number of rotatable bonds is 16. The predicted molar refractivity (Wildman–Crippen MR) is 246 cm³/mol. The van der Waals surface area contributed by atoms with Gasteiger partial charge in [-0.3, -0.25) is 14.4 Å². The predicted octanol–water partition coefficient (Wildman–Crippen LogP) is 8.56. The highest BCUT2D eigenvalue weighted by molar-refractivity contribution is 14.1. The molecule has 16 heteroatoms. The highest BCUT2D eigenvalue weighted by atomic mass is 127. The molecule has 2 aliphatic rings. The number of halogens is 2. The van der Waals surface area contributed by atoms with Gasteiger partial charge in [0.15, 0.2) is 46.0 Å². The highest BCUT2D eigenvalue weighted by Gasteiger charge is 2.36. The van der Waals surface area contributed by atoms with E-state index in [1.165, 1.54) is 35.7 Å². The molecular weight excluding hydrogens is 1010 g/mol. The summed E-state index contributed by atoms with van der Waals surface area (Å²) in [5, 5.41) is 5.88. The van der Waals surface area contributed by atoms with Crippen LogP contribution in [0.3, 0.4) is 0 Å². The van der Waals surface area contributed by atoms with E-state index in [4.69, 9.17) is 10.9 Å². The molecule has 0 bridgehead atoms. The number of hydrogen-bond acceptors (Lipinski definition) is 10. The quantitative estimate of drug-likeness (QED) is 0.104. The van der Waals surface area contributed by atoms with E-state index in [0.717, 1.165) is 62.0 Å². The van der Waals surface area contributed by atoms with Crippen molar-refractivity contribution >= 4 is 96.9 Å². The van der Waals surface area contributed by atoms with Gasteiger partial charge in [0.2, 0.25) is 10.0 Å². The third-order valence-electron chi connectivity index (χ3n) is 11.1. The van der Waals surface area contributed by atoms with Gasteiger partial charge < -0.3 is 26.4 Å². The molecule has 1 aliphatic heterocycles. The number of carbonyl (C=O) groups excluding carboxylic acids is 4. The lowest BCUT2D eigenvalue weighted by atomic mass is 9.86. The van der Waals surface area contributed by atoms with Crippen molar-refractivity contribution < 1.29 is 38.5 Å². The summed E-state index contributed by atoms with van der Waals surface area (Å²) in [7, 11) is -2.57. The molecule has 2 fully saturated rings. The monoisotopic (exact) mass is 1060 g/mol. The van der Waals surface area contributed by atoms with Crippen LogP contribution >= 0.6 is 46.0 Å². The number of nitrogens with zero attached hydrogens (tertiary/aromatic N) is 2. The van der Waals surface area contributed by atoms with E-state index in [0.29, 0.717) is 36.9 Å². The molecule has 13 nitrogen and oxygen atoms in total. The number of methoxy groups -OCH3 is 1. The number of carbonyl (C=O) groups is 4. The summed E-state index contributed by atoms with van der Waals surface area (Å²) < 4.78 is 44.7. The summed E-state index contributed by atoms with van der Waals surface area (Å²) in [6.45, 7) is 2.00. The summed E-state index contributed by atoms with van der Waals surface area (Å²) in [5.74, 6) is -1.95. The van der Waals surface area contributed by atoms with Gasteiger partial charge in [-0.05, 0) is 130 Å². The number of ether oxygens (including phenoxy) is 1. The first-order valence-electron chi connectivity index (χ1n) is 20.0. The van der Waals surface area contributed by atoms with Crippen molar-refractivity contribution in [2.45, 2.75) is 68.7 Å². The molecule has 0 radical (unpaired) electrons. The van der Waals surface area contributed by atoms with Gasteiger partial charge in [-0.2, -0.15) is 4.31 Å². The van der Waals surface area contributed by atoms with Gasteiger partial charge in [0, 0.05) is 49.7 Å². The maximum atomic E-state index is 14.2. The topological polar surface area (TPSA) is 161 Å². The summed E-state index contributed by atoms with van der Waals surface area (Å²) in [6.07, 6.45) is 6.72. The van der Waals surface area contributed by atoms with Gasteiger partial charge in [-0.25, -0.2) is 13.2 Å². The Hall–Kier alpha value is -4.11. The fourth-order valence-corrected chi connectivity index (χ4v) is 10.1. The van der Waals surface area contributed by atoms with Crippen LogP contribution in [0, 0.1) is 5.92 Å². The van der Waals surface area contributed by atoms with Gasteiger partial charge in [0.1, 0.15) is 0 Å². The Labute approximate surface area is 379 Å². The number of sulfonamides is 1. The molecule has 2 amide bonds. The summed E-state index contributed by atoms with van der Waals surface area (Å²) >= 11 is 3.15. The third-order valence-corrected chi connectivity index (χ3v) is 13.9. The van der Waals surface area contributed by atoms with Crippen LogP contribution in [0.15, 0.2) is 95.9 Å². The third kappa shape index (κ3) is 11.6. The van der Waals surface area contributed by atoms with Gasteiger partial charge in [0.05, 0.1) is 34.2 Å². The molecule has 0 spiro atoms. The van der Waals surface area contributed by atoms with E-state index >= 15 is 0 Å². The average molecular weight is 1060 g/mol. The molecule has 4 aromatic rings. The standard InChI is InChI=1S/C44H48I2N4O9S/c1-57-27-26-50(36-20-16-33(17-21-36)44(54)59-46)60(55,56)38-7-5-6-34(28-38)41(51)48-40-23-22-37(49-24-3-2-4-25-49)29-39(40)42(52)47-35-18-12-31(13-19-35)9-8-30-10-14-32(15-11-30)43(53)58-45/h5-7,10-15,18-19,22-23,28-29,33,36H,2-4,8-9,16-17,20-21,24-27H2,1H3,(H,47,52)(H,48,51). The Balaban J connectivity index is 1.18. The Morgan fingerprint density at radius 1 is 0.750 bits per heavy atom. The molecule has 1 saturated heterocycles. The molecule has 1 aliphatic carbocycles. The van der Waals surface area contributed by atoms with Crippen molar-refractivity contribution in [1.82, 2.24) is 4.31 Å². The van der Waals surface area contributed by atoms with Crippen molar-refractivity contribution in [3.63, 3.8) is 0 Å². The molecule has 0 aromatic heterocycles. The molecule has 60 heavy (non-hydrogen) atoms. The Kier molecular flexibility index (Phi) is 16.4. The van der Waals surface area contributed by atoms with Crippen LogP contribution in [-0.4, -0.2) is 75.9 Å². The number of benzene rings is 4. The number of nitrogens with one attached hydrogen (secondary N) is 2. The molecular formula is C44H48I2N4O9S. The highest BCUT2D eigenvalue weighted by Crippen LogP contribution is 2.33. The van der Waals surface area contributed by atoms with Crippen LogP contribution in [0.2, 0.25) is 0 Å². The normalized spacial score (nSPS) is 16.8. The van der Waals surface area contributed by atoms with E-state index in [1.54, 1.807) is 70.3 Å². The molecule has 1 heterocycles. The lowest BCUT2D eigenvalue weighted by Gasteiger charge is -2.35. The van der Waals surface area contributed by atoms with Crippen LogP contribution in [-0.2, 0) is 38.5 Å². The molecule has 318 valence electrons. The summed E-state index contributed by atoms with van der Waals surface area (Å²) in [5.41, 5.74) is 4.75. The second-order valence-corrected chi connectivity index (χ2v) is 17.8. The van der Waals surface area contributed by atoms with Crippen LogP contribution in [0.5, 0.6) is 0 Å². The zero-order valence-electron chi connectivity index (χ0n) is 33.2. The van der Waals surface area contributed by atoms with Crippen LogP contribution in [0.25, 0.3) is 0 Å². The molecule has 2 N–H and O–H groups in total. The van der Waals surface area contributed by atoms with Gasteiger partial charge >= 0.3 is 11.9 Å².